The third-order valence-corrected chi connectivity index (χ3v) is 5.17. The number of carbonyl (C=O) groups excluding carboxylic acids is 1. The Hall–Kier alpha value is -2.05. The first-order chi connectivity index (χ1) is 11.7. The number of nitrogens with zero attached hydrogens (tertiary/aromatic N) is 1. The maximum atomic E-state index is 12.6. The van der Waals surface area contributed by atoms with Gasteiger partial charge in [-0.05, 0) is 35.6 Å². The van der Waals surface area contributed by atoms with Crippen LogP contribution in [0.3, 0.4) is 0 Å². The van der Waals surface area contributed by atoms with Crippen LogP contribution in [0, 0.1) is 0 Å². The van der Waals surface area contributed by atoms with Gasteiger partial charge in [-0.1, -0.05) is 25.1 Å². The third-order valence-electron chi connectivity index (χ3n) is 4.19. The molecule has 3 rings (SSSR count). The smallest absolute Gasteiger partial charge is 0.318 e. The van der Waals surface area contributed by atoms with E-state index in [9.17, 15) is 9.90 Å². The van der Waals surface area contributed by atoms with Gasteiger partial charge >= 0.3 is 6.03 Å². The minimum Gasteiger partial charge on any atom is -0.508 e. The summed E-state index contributed by atoms with van der Waals surface area (Å²) in [5.74, 6) is 0.210. The number of carbonyl (C=O) groups is 1. The lowest BCUT2D eigenvalue weighted by atomic mass is 10.1. The van der Waals surface area contributed by atoms with Crippen LogP contribution in [0.2, 0.25) is 0 Å². The lowest BCUT2D eigenvalue weighted by Crippen LogP contribution is -2.47. The summed E-state index contributed by atoms with van der Waals surface area (Å²) in [5.41, 5.74) is 0.887. The topological polar surface area (TPSA) is 61.8 Å². The molecule has 2 amide bonds. The Morgan fingerprint density at radius 1 is 1.46 bits per heavy atom. The Labute approximate surface area is 145 Å². The first kappa shape index (κ1) is 16.8. The number of phenols is 1. The SMILES string of the molecule is CC[C@H](NC(=O)N1CCO[C@H](c2cccc(O)c2)C1)c1cccs1. The van der Waals surface area contributed by atoms with Gasteiger partial charge in [-0.15, -0.1) is 11.3 Å². The van der Waals surface area contributed by atoms with Gasteiger partial charge in [0.25, 0.3) is 0 Å². The molecule has 0 bridgehead atoms. The fourth-order valence-electron chi connectivity index (χ4n) is 2.86. The average Bonchev–Trinajstić information content (AvgIpc) is 3.14. The van der Waals surface area contributed by atoms with Gasteiger partial charge in [0.15, 0.2) is 0 Å². The minimum atomic E-state index is -0.210. The molecular formula is C18H22N2O3S. The van der Waals surface area contributed by atoms with E-state index in [1.165, 1.54) is 4.88 Å². The van der Waals surface area contributed by atoms with E-state index in [1.807, 2.05) is 23.6 Å². The van der Waals surface area contributed by atoms with E-state index in [2.05, 4.69) is 12.2 Å². The van der Waals surface area contributed by atoms with Crippen LogP contribution in [-0.4, -0.2) is 35.7 Å². The second-order valence-corrected chi connectivity index (χ2v) is 6.81. The van der Waals surface area contributed by atoms with Crippen LogP contribution in [0.5, 0.6) is 5.75 Å². The molecule has 0 radical (unpaired) electrons. The Morgan fingerprint density at radius 2 is 2.33 bits per heavy atom. The van der Waals surface area contributed by atoms with E-state index in [0.29, 0.717) is 19.7 Å². The predicted molar refractivity (Wildman–Crippen MR) is 94.3 cm³/mol. The number of hydrogen-bond acceptors (Lipinski definition) is 4. The van der Waals surface area contributed by atoms with Crippen molar-refractivity contribution in [2.45, 2.75) is 25.5 Å². The van der Waals surface area contributed by atoms with Crippen molar-refractivity contribution in [3.8, 4) is 5.75 Å². The molecule has 1 aliphatic heterocycles. The average molecular weight is 346 g/mol. The molecule has 0 unspecified atom stereocenters. The number of hydrogen-bond donors (Lipinski definition) is 2. The van der Waals surface area contributed by atoms with Crippen LogP contribution in [0.25, 0.3) is 0 Å². The zero-order valence-electron chi connectivity index (χ0n) is 13.6. The molecule has 0 aliphatic carbocycles. The molecule has 0 spiro atoms. The molecule has 2 N–H and O–H groups in total. The van der Waals surface area contributed by atoms with E-state index in [0.717, 1.165) is 12.0 Å². The summed E-state index contributed by atoms with van der Waals surface area (Å²) in [4.78, 5) is 15.6. The fraction of sp³-hybridized carbons (Fsp3) is 0.389. The normalized spacial score (nSPS) is 19.0. The van der Waals surface area contributed by atoms with Crippen LogP contribution in [0.1, 0.15) is 35.9 Å². The number of morpholine rings is 1. The molecule has 1 saturated heterocycles. The number of ether oxygens (including phenoxy) is 1. The molecule has 128 valence electrons. The van der Waals surface area contributed by atoms with E-state index in [-0.39, 0.29) is 23.9 Å². The van der Waals surface area contributed by atoms with Crippen LogP contribution < -0.4 is 5.32 Å². The Kier molecular flexibility index (Phi) is 5.37. The number of rotatable bonds is 4. The molecule has 0 saturated carbocycles. The molecule has 1 fully saturated rings. The third kappa shape index (κ3) is 3.88. The molecule has 24 heavy (non-hydrogen) atoms. The number of amides is 2. The summed E-state index contributed by atoms with van der Waals surface area (Å²) >= 11 is 1.66. The summed E-state index contributed by atoms with van der Waals surface area (Å²) in [5, 5.41) is 14.8. The largest absolute Gasteiger partial charge is 0.508 e. The molecule has 2 aromatic rings. The predicted octanol–water partition coefficient (Wildman–Crippen LogP) is 3.69. The number of nitrogens with one attached hydrogen (secondary N) is 1. The first-order valence-electron chi connectivity index (χ1n) is 8.16. The number of aromatic hydroxyl groups is 1. The highest BCUT2D eigenvalue weighted by Crippen LogP contribution is 2.26. The lowest BCUT2D eigenvalue weighted by molar-refractivity contribution is -0.0158. The summed E-state index contributed by atoms with van der Waals surface area (Å²) in [6, 6.07) is 11.0. The number of urea groups is 1. The van der Waals surface area contributed by atoms with Crippen LogP contribution in [0.4, 0.5) is 4.79 Å². The molecule has 6 heteroatoms. The van der Waals surface area contributed by atoms with Crippen molar-refractivity contribution < 1.29 is 14.6 Å². The molecule has 2 atom stereocenters. The minimum absolute atomic E-state index is 0.0413. The van der Waals surface area contributed by atoms with Gasteiger partial charge in [0, 0.05) is 11.4 Å². The highest BCUT2D eigenvalue weighted by Gasteiger charge is 2.27. The van der Waals surface area contributed by atoms with Gasteiger partial charge in [0.05, 0.1) is 19.2 Å². The van der Waals surface area contributed by atoms with Crippen molar-refractivity contribution in [2.24, 2.45) is 0 Å². The van der Waals surface area contributed by atoms with Crippen LogP contribution >= 0.6 is 11.3 Å². The van der Waals surface area contributed by atoms with Gasteiger partial charge in [0.2, 0.25) is 0 Å². The van der Waals surface area contributed by atoms with Crippen LogP contribution in [-0.2, 0) is 4.74 Å². The lowest BCUT2D eigenvalue weighted by Gasteiger charge is -2.34. The molecule has 5 nitrogen and oxygen atoms in total. The van der Waals surface area contributed by atoms with Gasteiger partial charge in [-0.2, -0.15) is 0 Å². The van der Waals surface area contributed by atoms with Crippen molar-refractivity contribution in [3.05, 3.63) is 52.2 Å². The van der Waals surface area contributed by atoms with E-state index in [1.54, 1.807) is 34.4 Å². The van der Waals surface area contributed by atoms with E-state index >= 15 is 0 Å². The highest BCUT2D eigenvalue weighted by molar-refractivity contribution is 7.10. The standard InChI is InChI=1S/C18H22N2O3S/c1-2-15(17-7-4-10-24-17)19-18(22)20-8-9-23-16(12-20)13-5-3-6-14(21)11-13/h3-7,10-11,15-16,21H,2,8-9,12H2,1H3,(H,19,22)/t15-,16-/m0/s1. The highest BCUT2D eigenvalue weighted by atomic mass is 32.1. The van der Waals surface area contributed by atoms with E-state index < -0.39 is 0 Å². The Bertz CT molecular complexity index is 675. The molecule has 1 aromatic carbocycles. The summed E-state index contributed by atoms with van der Waals surface area (Å²) < 4.78 is 5.77. The number of benzene rings is 1. The molecule has 1 aromatic heterocycles. The quantitative estimate of drug-likeness (QED) is 0.887. The summed E-state index contributed by atoms with van der Waals surface area (Å²) in [6.07, 6.45) is 0.644. The maximum Gasteiger partial charge on any atom is 0.318 e. The first-order valence-corrected chi connectivity index (χ1v) is 9.04. The van der Waals surface area contributed by atoms with Gasteiger partial charge < -0.3 is 20.1 Å². The van der Waals surface area contributed by atoms with Crippen molar-refractivity contribution in [3.63, 3.8) is 0 Å². The Balaban J connectivity index is 1.64. The van der Waals surface area contributed by atoms with Gasteiger partial charge in [-0.25, -0.2) is 4.79 Å². The molecular weight excluding hydrogens is 324 g/mol. The second-order valence-electron chi connectivity index (χ2n) is 5.83. The van der Waals surface area contributed by atoms with Crippen molar-refractivity contribution >= 4 is 17.4 Å². The van der Waals surface area contributed by atoms with Gasteiger partial charge in [0.1, 0.15) is 11.9 Å². The zero-order valence-corrected chi connectivity index (χ0v) is 14.5. The van der Waals surface area contributed by atoms with E-state index in [4.69, 9.17) is 4.74 Å². The zero-order chi connectivity index (χ0) is 16.9. The number of phenolic OH excluding ortho intramolecular Hbond substituents is 1. The molecule has 2 heterocycles. The van der Waals surface area contributed by atoms with Crippen molar-refractivity contribution in [2.75, 3.05) is 19.7 Å². The summed E-state index contributed by atoms with van der Waals surface area (Å²) in [6.45, 7) is 3.61. The second kappa shape index (κ2) is 7.68. The fourth-order valence-corrected chi connectivity index (χ4v) is 3.73. The van der Waals surface area contributed by atoms with Crippen molar-refractivity contribution in [1.82, 2.24) is 10.2 Å². The van der Waals surface area contributed by atoms with Crippen molar-refractivity contribution in [1.29, 1.82) is 0 Å². The number of thiophene rings is 1. The monoisotopic (exact) mass is 346 g/mol. The van der Waals surface area contributed by atoms with Gasteiger partial charge in [-0.3, -0.25) is 0 Å². The van der Waals surface area contributed by atoms with Crippen LogP contribution in [0.15, 0.2) is 41.8 Å². The molecule has 1 aliphatic rings. The maximum absolute atomic E-state index is 12.6. The summed E-state index contributed by atoms with van der Waals surface area (Å²) in [7, 11) is 0. The Morgan fingerprint density at radius 3 is 3.04 bits per heavy atom.